The molecule has 1 fully saturated rings. The molecule has 14 heavy (non-hydrogen) atoms. The van der Waals surface area contributed by atoms with Crippen LogP contribution in [0.1, 0.15) is 13.8 Å². The number of aliphatic hydroxyl groups is 2. The summed E-state index contributed by atoms with van der Waals surface area (Å²) in [6.45, 7) is 3.81. The van der Waals surface area contributed by atoms with Gasteiger partial charge in [-0.3, -0.25) is 0 Å². The Hall–Kier alpha value is -0.200. The summed E-state index contributed by atoms with van der Waals surface area (Å²) in [5, 5.41) is 19.0. The van der Waals surface area contributed by atoms with Gasteiger partial charge in [-0.15, -0.1) is 0 Å². The second-order valence-electron chi connectivity index (χ2n) is 4.03. The summed E-state index contributed by atoms with van der Waals surface area (Å²) in [7, 11) is 1.54. The van der Waals surface area contributed by atoms with Crippen molar-refractivity contribution in [3.05, 3.63) is 0 Å². The average Bonchev–Trinajstić information content (AvgIpc) is 2.15. The molecule has 0 radical (unpaired) electrons. The van der Waals surface area contributed by atoms with Gasteiger partial charge in [0, 0.05) is 19.6 Å². The standard InChI is InChI=1S/C9H19NO4/c1-5-6(11)8(12)14-9(2,4-10)7(5)13-3/h5-8,11-12H,4,10H2,1-3H3. The fourth-order valence-electron chi connectivity index (χ4n) is 2.04. The van der Waals surface area contributed by atoms with Crippen LogP contribution in [-0.4, -0.2) is 48.0 Å². The quantitative estimate of drug-likeness (QED) is 0.542. The number of aliphatic hydroxyl groups excluding tert-OH is 2. The average molecular weight is 205 g/mol. The molecule has 0 aromatic heterocycles. The van der Waals surface area contributed by atoms with Gasteiger partial charge in [-0.2, -0.15) is 0 Å². The Balaban J connectivity index is 2.87. The first kappa shape index (κ1) is 11.9. The van der Waals surface area contributed by atoms with E-state index in [-0.39, 0.29) is 18.6 Å². The first-order valence-corrected chi connectivity index (χ1v) is 4.73. The summed E-state index contributed by atoms with van der Waals surface area (Å²) in [4.78, 5) is 0. The smallest absolute Gasteiger partial charge is 0.182 e. The zero-order chi connectivity index (χ0) is 10.9. The van der Waals surface area contributed by atoms with E-state index in [4.69, 9.17) is 15.2 Å². The van der Waals surface area contributed by atoms with Gasteiger partial charge >= 0.3 is 0 Å². The predicted molar refractivity (Wildman–Crippen MR) is 50.5 cm³/mol. The van der Waals surface area contributed by atoms with Crippen molar-refractivity contribution in [2.75, 3.05) is 13.7 Å². The van der Waals surface area contributed by atoms with E-state index in [1.165, 1.54) is 0 Å². The minimum absolute atomic E-state index is 0.211. The molecule has 0 amide bonds. The van der Waals surface area contributed by atoms with E-state index in [0.717, 1.165) is 0 Å². The second kappa shape index (κ2) is 4.12. The lowest BCUT2D eigenvalue weighted by atomic mass is 9.82. The van der Waals surface area contributed by atoms with E-state index in [9.17, 15) is 10.2 Å². The summed E-state index contributed by atoms with van der Waals surface area (Å²) in [6.07, 6.45) is -2.43. The first-order valence-electron chi connectivity index (χ1n) is 4.73. The van der Waals surface area contributed by atoms with Crippen LogP contribution in [0, 0.1) is 5.92 Å². The Morgan fingerprint density at radius 1 is 1.50 bits per heavy atom. The molecule has 84 valence electrons. The maximum absolute atomic E-state index is 9.58. The van der Waals surface area contributed by atoms with Gasteiger partial charge in [0.05, 0.1) is 6.10 Å². The van der Waals surface area contributed by atoms with Gasteiger partial charge < -0.3 is 25.4 Å². The van der Waals surface area contributed by atoms with Crippen molar-refractivity contribution in [1.82, 2.24) is 0 Å². The largest absolute Gasteiger partial charge is 0.387 e. The van der Waals surface area contributed by atoms with E-state index in [0.29, 0.717) is 0 Å². The summed E-state index contributed by atoms with van der Waals surface area (Å²) in [6, 6.07) is 0. The van der Waals surface area contributed by atoms with Gasteiger partial charge in [0.1, 0.15) is 11.7 Å². The van der Waals surface area contributed by atoms with Gasteiger partial charge in [-0.25, -0.2) is 0 Å². The Labute approximate surface area is 83.8 Å². The highest BCUT2D eigenvalue weighted by molar-refractivity contribution is 4.96. The molecule has 0 bridgehead atoms. The minimum Gasteiger partial charge on any atom is -0.387 e. The summed E-state index contributed by atoms with van der Waals surface area (Å²) < 4.78 is 10.5. The molecule has 0 saturated carbocycles. The molecule has 1 aliphatic heterocycles. The molecule has 5 nitrogen and oxygen atoms in total. The lowest BCUT2D eigenvalue weighted by Gasteiger charge is -2.47. The Morgan fingerprint density at radius 2 is 2.07 bits per heavy atom. The number of methoxy groups -OCH3 is 1. The third-order valence-electron chi connectivity index (χ3n) is 2.96. The molecular formula is C9H19NO4. The van der Waals surface area contributed by atoms with Crippen LogP contribution in [-0.2, 0) is 9.47 Å². The highest BCUT2D eigenvalue weighted by Gasteiger charge is 2.49. The highest BCUT2D eigenvalue weighted by Crippen LogP contribution is 2.33. The first-order chi connectivity index (χ1) is 6.46. The van der Waals surface area contributed by atoms with Gasteiger partial charge in [-0.1, -0.05) is 6.92 Å². The van der Waals surface area contributed by atoms with Crippen molar-refractivity contribution in [3.8, 4) is 0 Å². The SMILES string of the molecule is COC1C(C)C(O)C(O)OC1(C)CN. The lowest BCUT2D eigenvalue weighted by Crippen LogP contribution is -2.63. The topological polar surface area (TPSA) is 84.9 Å². The Kier molecular flexibility index (Phi) is 3.49. The Morgan fingerprint density at radius 3 is 2.50 bits per heavy atom. The highest BCUT2D eigenvalue weighted by atomic mass is 16.6. The van der Waals surface area contributed by atoms with Crippen molar-refractivity contribution in [1.29, 1.82) is 0 Å². The summed E-state index contributed by atoms with van der Waals surface area (Å²) in [5.41, 5.74) is 4.83. The van der Waals surface area contributed by atoms with Crippen LogP contribution < -0.4 is 5.73 Å². The zero-order valence-electron chi connectivity index (χ0n) is 8.80. The van der Waals surface area contributed by atoms with Crippen LogP contribution >= 0.6 is 0 Å². The molecule has 5 unspecified atom stereocenters. The molecule has 4 N–H and O–H groups in total. The third-order valence-corrected chi connectivity index (χ3v) is 2.96. The molecule has 5 heteroatoms. The monoisotopic (exact) mass is 205 g/mol. The summed E-state index contributed by atoms with van der Waals surface area (Å²) >= 11 is 0. The molecule has 0 aliphatic carbocycles. The number of rotatable bonds is 2. The van der Waals surface area contributed by atoms with Crippen LogP contribution in [0.25, 0.3) is 0 Å². The predicted octanol–water partition coefficient (Wildman–Crippen LogP) is -0.936. The van der Waals surface area contributed by atoms with Gasteiger partial charge in [0.2, 0.25) is 0 Å². The van der Waals surface area contributed by atoms with Gasteiger partial charge in [0.25, 0.3) is 0 Å². The number of ether oxygens (including phenoxy) is 2. The molecule has 5 atom stereocenters. The minimum atomic E-state index is -1.19. The van der Waals surface area contributed by atoms with Crippen LogP contribution in [0.3, 0.4) is 0 Å². The molecule has 1 rings (SSSR count). The van der Waals surface area contributed by atoms with Crippen molar-refractivity contribution in [2.24, 2.45) is 11.7 Å². The molecule has 1 heterocycles. The molecule has 1 saturated heterocycles. The number of hydrogen-bond donors (Lipinski definition) is 3. The molecule has 0 aromatic carbocycles. The van der Waals surface area contributed by atoms with Crippen LogP contribution in [0.4, 0.5) is 0 Å². The number of hydrogen-bond acceptors (Lipinski definition) is 5. The van der Waals surface area contributed by atoms with Crippen molar-refractivity contribution in [2.45, 2.75) is 37.9 Å². The molecule has 0 aromatic rings. The van der Waals surface area contributed by atoms with Crippen molar-refractivity contribution >= 4 is 0 Å². The zero-order valence-corrected chi connectivity index (χ0v) is 8.80. The van der Waals surface area contributed by atoms with Crippen LogP contribution in [0.2, 0.25) is 0 Å². The van der Waals surface area contributed by atoms with Crippen molar-refractivity contribution < 1.29 is 19.7 Å². The Bertz CT molecular complexity index is 201. The molecular weight excluding hydrogens is 186 g/mol. The van der Waals surface area contributed by atoms with Gasteiger partial charge in [-0.05, 0) is 6.92 Å². The number of nitrogens with two attached hydrogens (primary N) is 1. The fourth-order valence-corrected chi connectivity index (χ4v) is 2.04. The van der Waals surface area contributed by atoms with E-state index in [1.54, 1.807) is 21.0 Å². The second-order valence-corrected chi connectivity index (χ2v) is 4.03. The molecule has 1 aliphatic rings. The maximum atomic E-state index is 9.58. The maximum Gasteiger partial charge on any atom is 0.182 e. The van der Waals surface area contributed by atoms with E-state index >= 15 is 0 Å². The lowest BCUT2D eigenvalue weighted by molar-refractivity contribution is -0.302. The third kappa shape index (κ3) is 1.78. The molecule has 0 spiro atoms. The van der Waals surface area contributed by atoms with E-state index in [1.807, 2.05) is 0 Å². The van der Waals surface area contributed by atoms with Crippen LogP contribution in [0.5, 0.6) is 0 Å². The van der Waals surface area contributed by atoms with Gasteiger partial charge in [0.15, 0.2) is 6.29 Å². The van der Waals surface area contributed by atoms with Crippen molar-refractivity contribution in [3.63, 3.8) is 0 Å². The van der Waals surface area contributed by atoms with Crippen LogP contribution in [0.15, 0.2) is 0 Å². The van der Waals surface area contributed by atoms with E-state index in [2.05, 4.69) is 0 Å². The fraction of sp³-hybridized carbons (Fsp3) is 1.00. The summed E-state index contributed by atoms with van der Waals surface area (Å²) in [5.74, 6) is -0.211. The van der Waals surface area contributed by atoms with E-state index < -0.39 is 18.0 Å². The normalized spacial score (nSPS) is 49.3.